The van der Waals surface area contributed by atoms with Crippen LogP contribution in [0.15, 0.2) is 22.7 Å². The maximum atomic E-state index is 12.4. The molecule has 0 amide bonds. The zero-order valence-corrected chi connectivity index (χ0v) is 10.8. The van der Waals surface area contributed by atoms with Crippen molar-refractivity contribution < 1.29 is 9.13 Å². The second kappa shape index (κ2) is 7.04. The van der Waals surface area contributed by atoms with Crippen LogP contribution in [-0.4, -0.2) is 13.3 Å². The molecule has 1 atom stereocenters. The van der Waals surface area contributed by atoms with Gasteiger partial charge in [-0.3, -0.25) is 0 Å². The molecular formula is C10H14BrClFNO. The highest BCUT2D eigenvalue weighted by atomic mass is 79.9. The van der Waals surface area contributed by atoms with E-state index in [9.17, 15) is 4.39 Å². The second-order valence-corrected chi connectivity index (χ2v) is 3.79. The van der Waals surface area contributed by atoms with Crippen LogP contribution >= 0.6 is 28.3 Å². The zero-order chi connectivity index (χ0) is 10.6. The van der Waals surface area contributed by atoms with E-state index in [1.54, 1.807) is 12.1 Å². The van der Waals surface area contributed by atoms with Crippen LogP contribution in [0.3, 0.4) is 0 Å². The van der Waals surface area contributed by atoms with Gasteiger partial charge in [-0.25, -0.2) is 4.39 Å². The highest BCUT2D eigenvalue weighted by molar-refractivity contribution is 9.10. The largest absolute Gasteiger partial charge is 0.494 e. The summed E-state index contributed by atoms with van der Waals surface area (Å²) in [6.45, 7) is 1.84. The summed E-state index contributed by atoms with van der Waals surface area (Å²) in [5.41, 5.74) is 6.32. The summed E-state index contributed by atoms with van der Waals surface area (Å²) in [5.74, 6) is 0.654. The van der Waals surface area contributed by atoms with Crippen molar-refractivity contribution in [2.45, 2.75) is 13.0 Å². The third-order valence-electron chi connectivity index (χ3n) is 1.84. The van der Waals surface area contributed by atoms with Gasteiger partial charge in [0.1, 0.15) is 12.4 Å². The lowest BCUT2D eigenvalue weighted by Crippen LogP contribution is -2.13. The molecule has 1 aromatic carbocycles. The average Bonchev–Trinajstić information content (AvgIpc) is 2.20. The molecule has 0 aliphatic carbocycles. The summed E-state index contributed by atoms with van der Waals surface area (Å²) in [7, 11) is 0. The molecule has 0 saturated heterocycles. The minimum absolute atomic E-state index is 0. The predicted molar refractivity (Wildman–Crippen MR) is 65.5 cm³/mol. The maximum Gasteiger partial charge on any atom is 0.124 e. The molecule has 0 saturated carbocycles. The first-order valence-corrected chi connectivity index (χ1v) is 5.22. The van der Waals surface area contributed by atoms with Gasteiger partial charge in [0.2, 0.25) is 0 Å². The summed E-state index contributed by atoms with van der Waals surface area (Å²) in [6, 6.07) is 4.81. The Morgan fingerprint density at radius 2 is 2.20 bits per heavy atom. The first-order chi connectivity index (χ1) is 6.69. The summed E-state index contributed by atoms with van der Waals surface area (Å²) in [4.78, 5) is 0. The number of halogens is 3. The molecule has 86 valence electrons. The molecule has 0 aliphatic rings. The van der Waals surface area contributed by atoms with Crippen molar-refractivity contribution in [3.8, 4) is 5.75 Å². The number of alkyl halides is 1. The highest BCUT2D eigenvalue weighted by Crippen LogP contribution is 2.27. The first-order valence-electron chi connectivity index (χ1n) is 4.42. The van der Waals surface area contributed by atoms with Gasteiger partial charge in [-0.05, 0) is 25.1 Å². The Labute approximate surface area is 104 Å². The molecule has 0 unspecified atom stereocenters. The predicted octanol–water partition coefficient (Wildman–Crippen LogP) is 3.24. The number of nitrogens with two attached hydrogens (primary N) is 1. The Kier molecular flexibility index (Phi) is 6.89. The summed E-state index contributed by atoms with van der Waals surface area (Å²) < 4.78 is 18.7. The molecule has 0 fully saturated rings. The monoisotopic (exact) mass is 297 g/mol. The van der Waals surface area contributed by atoms with Crippen LogP contribution in [0, 0.1) is 0 Å². The normalized spacial score (nSPS) is 11.7. The third-order valence-corrected chi connectivity index (χ3v) is 2.33. The first kappa shape index (κ1) is 14.7. The third kappa shape index (κ3) is 3.97. The van der Waals surface area contributed by atoms with Crippen LogP contribution in [0.25, 0.3) is 0 Å². The van der Waals surface area contributed by atoms with E-state index >= 15 is 0 Å². The Morgan fingerprint density at radius 1 is 1.53 bits per heavy atom. The molecule has 0 heterocycles. The van der Waals surface area contributed by atoms with Gasteiger partial charge in [0.15, 0.2) is 0 Å². The molecule has 15 heavy (non-hydrogen) atoms. The van der Waals surface area contributed by atoms with E-state index in [-0.39, 0.29) is 12.4 Å². The van der Waals surface area contributed by atoms with Gasteiger partial charge in [0.05, 0.1) is 12.6 Å². The molecule has 0 aliphatic heterocycles. The van der Waals surface area contributed by atoms with E-state index < -0.39 is 12.7 Å². The molecule has 1 rings (SSSR count). The van der Waals surface area contributed by atoms with Gasteiger partial charge in [-0.15, -0.1) is 12.4 Å². The topological polar surface area (TPSA) is 35.2 Å². The van der Waals surface area contributed by atoms with Crippen molar-refractivity contribution in [1.29, 1.82) is 0 Å². The van der Waals surface area contributed by atoms with Crippen molar-refractivity contribution in [1.82, 2.24) is 0 Å². The minimum atomic E-state index is -0.617. The van der Waals surface area contributed by atoms with E-state index in [2.05, 4.69) is 15.9 Å². The van der Waals surface area contributed by atoms with Crippen LogP contribution in [0.4, 0.5) is 4.39 Å². The molecule has 5 heteroatoms. The molecule has 0 aromatic heterocycles. The Hall–Kier alpha value is -0.320. The smallest absolute Gasteiger partial charge is 0.124 e. The molecule has 0 bridgehead atoms. The van der Waals surface area contributed by atoms with Crippen LogP contribution in [0.1, 0.15) is 18.5 Å². The van der Waals surface area contributed by atoms with Crippen LogP contribution < -0.4 is 10.5 Å². The van der Waals surface area contributed by atoms with E-state index in [0.717, 1.165) is 4.47 Å². The molecule has 0 spiro atoms. The second-order valence-electron chi connectivity index (χ2n) is 2.88. The lowest BCUT2D eigenvalue weighted by molar-refractivity contribution is 0.329. The quantitative estimate of drug-likeness (QED) is 0.926. The fourth-order valence-corrected chi connectivity index (χ4v) is 1.56. The van der Waals surface area contributed by atoms with Gasteiger partial charge in [0.25, 0.3) is 0 Å². The standard InChI is InChI=1S/C10H13BrFNO.ClH/c1-2-14-10-4-3-7(11)5-8(10)9(13)6-12;/h3-5,9H,2,6,13H2,1H3;1H/t9-;/m0./s1. The molecule has 2 N–H and O–H groups in total. The number of ether oxygens (including phenoxy) is 1. The number of hydrogen-bond donors (Lipinski definition) is 1. The van der Waals surface area contributed by atoms with Crippen molar-refractivity contribution in [3.05, 3.63) is 28.2 Å². The van der Waals surface area contributed by atoms with Gasteiger partial charge < -0.3 is 10.5 Å². The van der Waals surface area contributed by atoms with Crippen LogP contribution in [-0.2, 0) is 0 Å². The van der Waals surface area contributed by atoms with Crippen molar-refractivity contribution >= 4 is 28.3 Å². The molecule has 2 nitrogen and oxygen atoms in total. The van der Waals surface area contributed by atoms with Gasteiger partial charge >= 0.3 is 0 Å². The minimum Gasteiger partial charge on any atom is -0.494 e. The summed E-state index contributed by atoms with van der Waals surface area (Å²) in [6.07, 6.45) is 0. The SMILES string of the molecule is CCOc1ccc(Br)cc1[C@@H](N)CF.Cl. The van der Waals surface area contributed by atoms with E-state index in [1.807, 2.05) is 13.0 Å². The fraction of sp³-hybridized carbons (Fsp3) is 0.400. The lowest BCUT2D eigenvalue weighted by atomic mass is 10.1. The van der Waals surface area contributed by atoms with E-state index in [0.29, 0.717) is 17.9 Å². The fourth-order valence-electron chi connectivity index (χ4n) is 1.18. The Bertz CT molecular complexity index is 311. The number of rotatable bonds is 4. The molecular weight excluding hydrogens is 284 g/mol. The number of benzene rings is 1. The van der Waals surface area contributed by atoms with Crippen molar-refractivity contribution in [3.63, 3.8) is 0 Å². The molecule has 0 radical (unpaired) electrons. The lowest BCUT2D eigenvalue weighted by Gasteiger charge is -2.14. The Morgan fingerprint density at radius 3 is 2.73 bits per heavy atom. The number of hydrogen-bond acceptors (Lipinski definition) is 2. The van der Waals surface area contributed by atoms with Crippen molar-refractivity contribution in [2.24, 2.45) is 5.73 Å². The summed E-state index contributed by atoms with van der Waals surface area (Å²) in [5, 5.41) is 0. The molecule has 1 aromatic rings. The van der Waals surface area contributed by atoms with Crippen molar-refractivity contribution in [2.75, 3.05) is 13.3 Å². The summed E-state index contributed by atoms with van der Waals surface area (Å²) >= 11 is 3.31. The Balaban J connectivity index is 0.00000196. The zero-order valence-electron chi connectivity index (χ0n) is 8.37. The van der Waals surface area contributed by atoms with Gasteiger partial charge in [-0.1, -0.05) is 15.9 Å². The van der Waals surface area contributed by atoms with E-state index in [1.165, 1.54) is 0 Å². The van der Waals surface area contributed by atoms with Gasteiger partial charge in [-0.2, -0.15) is 0 Å². The van der Waals surface area contributed by atoms with E-state index in [4.69, 9.17) is 10.5 Å². The average molecular weight is 299 g/mol. The maximum absolute atomic E-state index is 12.4. The van der Waals surface area contributed by atoms with Crippen LogP contribution in [0.2, 0.25) is 0 Å². The van der Waals surface area contributed by atoms with Gasteiger partial charge in [0, 0.05) is 10.0 Å². The van der Waals surface area contributed by atoms with Crippen LogP contribution in [0.5, 0.6) is 5.75 Å². The highest BCUT2D eigenvalue weighted by Gasteiger charge is 2.12.